The van der Waals surface area contributed by atoms with E-state index < -0.39 is 0 Å². The number of rotatable bonds is 15. The molecule has 0 saturated heterocycles. The molecule has 40 heavy (non-hydrogen) atoms. The lowest BCUT2D eigenvalue weighted by Crippen LogP contribution is -2.53. The molecule has 0 fully saturated rings. The van der Waals surface area contributed by atoms with Crippen molar-refractivity contribution in [2.24, 2.45) is 0 Å². The molecule has 1 aliphatic rings. The average molecular weight is 559 g/mol. The smallest absolute Gasteiger partial charge is 0.311 e. The number of hydrogen-bond acceptors (Lipinski definition) is 8. The molecular formula is C31H44NO8+. The second kappa shape index (κ2) is 14.8. The second-order valence-electron chi connectivity index (χ2n) is 10.4. The van der Waals surface area contributed by atoms with Crippen LogP contribution in [0.2, 0.25) is 0 Å². The highest BCUT2D eigenvalue weighted by molar-refractivity contribution is 5.69. The molecule has 0 N–H and O–H groups in total. The van der Waals surface area contributed by atoms with E-state index in [1.807, 2.05) is 12.1 Å². The molecule has 0 aliphatic carbocycles. The zero-order valence-corrected chi connectivity index (χ0v) is 24.7. The third-order valence-corrected chi connectivity index (χ3v) is 7.71. The number of carbonyl (C=O) groups excluding carboxylic acids is 2. The quantitative estimate of drug-likeness (QED) is 0.177. The van der Waals surface area contributed by atoms with Crippen LogP contribution in [-0.2, 0) is 31.9 Å². The topological polar surface area (TPSA) is 89.5 Å². The Hall–Kier alpha value is -3.46. The third kappa shape index (κ3) is 8.03. The molecule has 0 aromatic heterocycles. The predicted molar refractivity (Wildman–Crippen MR) is 151 cm³/mol. The fourth-order valence-electron chi connectivity index (χ4n) is 5.36. The maximum atomic E-state index is 12.7. The van der Waals surface area contributed by atoms with Gasteiger partial charge in [0.15, 0.2) is 23.0 Å². The maximum absolute atomic E-state index is 12.7. The number of nitrogens with zero attached hydrogens (tertiary/aromatic N) is 1. The number of methoxy groups -OCH3 is 4. The van der Waals surface area contributed by atoms with Gasteiger partial charge in [0.2, 0.25) is 0 Å². The first-order chi connectivity index (χ1) is 19.2. The number of likely N-dealkylation sites (N-methyl/N-ethyl adjacent to an activating group) is 1. The molecule has 0 radical (unpaired) electrons. The molecule has 0 saturated carbocycles. The molecule has 9 heteroatoms. The van der Waals surface area contributed by atoms with Crippen molar-refractivity contribution >= 4 is 11.9 Å². The fourth-order valence-corrected chi connectivity index (χ4v) is 5.36. The summed E-state index contributed by atoms with van der Waals surface area (Å²) >= 11 is 0. The summed E-state index contributed by atoms with van der Waals surface area (Å²) in [6, 6.07) is 10.3. The van der Waals surface area contributed by atoms with Gasteiger partial charge in [0.25, 0.3) is 0 Å². The summed E-state index contributed by atoms with van der Waals surface area (Å²) in [5, 5.41) is 0. The second-order valence-corrected chi connectivity index (χ2v) is 10.4. The van der Waals surface area contributed by atoms with Gasteiger partial charge in [-0.15, -0.1) is 0 Å². The lowest BCUT2D eigenvalue weighted by Gasteiger charge is -2.46. The molecule has 3 rings (SSSR count). The summed E-state index contributed by atoms with van der Waals surface area (Å²) in [6.45, 7) is 3.70. The van der Waals surface area contributed by atoms with Crippen molar-refractivity contribution in [3.05, 3.63) is 47.0 Å². The summed E-state index contributed by atoms with van der Waals surface area (Å²) in [6.07, 6.45) is 4.29. The van der Waals surface area contributed by atoms with Gasteiger partial charge in [0.05, 0.1) is 68.2 Å². The van der Waals surface area contributed by atoms with E-state index >= 15 is 0 Å². The molecule has 9 nitrogen and oxygen atoms in total. The maximum Gasteiger partial charge on any atom is 0.311 e. The first-order valence-corrected chi connectivity index (χ1v) is 13.8. The van der Waals surface area contributed by atoms with E-state index in [2.05, 4.69) is 25.2 Å². The molecule has 1 aliphatic heterocycles. The van der Waals surface area contributed by atoms with Crippen LogP contribution in [0.25, 0.3) is 0 Å². The molecular weight excluding hydrogens is 514 g/mol. The molecule has 220 valence electrons. The lowest BCUT2D eigenvalue weighted by atomic mass is 9.86. The number of unbranched alkanes of at least 4 members (excludes halogenated alkanes) is 2. The minimum atomic E-state index is -0.273. The molecule has 1 heterocycles. The minimum absolute atomic E-state index is 0.0794. The summed E-state index contributed by atoms with van der Waals surface area (Å²) in [5.74, 6) is 2.33. The van der Waals surface area contributed by atoms with Gasteiger partial charge < -0.3 is 32.9 Å². The van der Waals surface area contributed by atoms with Crippen molar-refractivity contribution in [2.75, 3.05) is 61.8 Å². The van der Waals surface area contributed by atoms with Gasteiger partial charge in [0.1, 0.15) is 6.04 Å². The van der Waals surface area contributed by atoms with E-state index in [4.69, 9.17) is 28.4 Å². The SMILES string of the molecule is COc1ccc(C[C@@H]2c3cc(OC)c(OC)cc3CC[N+]2(C)CCC(=O)OCCCCCOC(C)=O)cc1OC. The van der Waals surface area contributed by atoms with Gasteiger partial charge in [-0.05, 0) is 54.7 Å². The lowest BCUT2D eigenvalue weighted by molar-refractivity contribution is -0.940. The monoisotopic (exact) mass is 558 g/mol. The number of ether oxygens (including phenoxy) is 6. The Morgan fingerprint density at radius 1 is 0.825 bits per heavy atom. The van der Waals surface area contributed by atoms with Gasteiger partial charge in [-0.25, -0.2) is 0 Å². The van der Waals surface area contributed by atoms with Crippen LogP contribution in [0.15, 0.2) is 30.3 Å². The Balaban J connectivity index is 1.75. The average Bonchev–Trinajstić information content (AvgIpc) is 2.96. The van der Waals surface area contributed by atoms with Crippen molar-refractivity contribution in [3.63, 3.8) is 0 Å². The summed E-state index contributed by atoms with van der Waals surface area (Å²) in [4.78, 5) is 23.5. The van der Waals surface area contributed by atoms with E-state index in [-0.39, 0.29) is 18.0 Å². The molecule has 0 spiro atoms. The van der Waals surface area contributed by atoms with Crippen molar-refractivity contribution in [2.45, 2.75) is 51.5 Å². The van der Waals surface area contributed by atoms with Crippen LogP contribution in [0, 0.1) is 0 Å². The zero-order valence-electron chi connectivity index (χ0n) is 24.7. The van der Waals surface area contributed by atoms with Crippen LogP contribution >= 0.6 is 0 Å². The number of esters is 2. The Morgan fingerprint density at radius 2 is 1.45 bits per heavy atom. The first-order valence-electron chi connectivity index (χ1n) is 13.8. The standard InChI is InChI=1S/C31H44NO8/c1-22(33)39-16-8-7-9-17-40-31(34)13-15-32(2)14-12-24-20-29(37-5)30(38-6)21-25(24)26(32)18-23-10-11-27(35-3)28(19-23)36-4/h10-11,19-21,26H,7-9,12-18H2,1-6H3/q+1/t26-,32?/m1/s1. The van der Waals surface area contributed by atoms with Crippen LogP contribution in [-0.4, -0.2) is 78.2 Å². The molecule has 0 bridgehead atoms. The first kappa shape index (κ1) is 31.1. The van der Waals surface area contributed by atoms with E-state index in [0.717, 1.165) is 50.0 Å². The highest BCUT2D eigenvalue weighted by Gasteiger charge is 2.40. The molecule has 2 atom stereocenters. The van der Waals surface area contributed by atoms with Gasteiger partial charge in [-0.2, -0.15) is 0 Å². The highest BCUT2D eigenvalue weighted by atomic mass is 16.5. The van der Waals surface area contributed by atoms with Gasteiger partial charge in [-0.1, -0.05) is 6.07 Å². The number of quaternary nitrogens is 1. The van der Waals surface area contributed by atoms with Crippen molar-refractivity contribution in [1.29, 1.82) is 0 Å². The Labute approximate surface area is 237 Å². The van der Waals surface area contributed by atoms with Gasteiger partial charge >= 0.3 is 11.9 Å². The van der Waals surface area contributed by atoms with E-state index in [1.54, 1.807) is 28.4 Å². The van der Waals surface area contributed by atoms with E-state index in [0.29, 0.717) is 47.9 Å². The number of fused-ring (bicyclic) bond motifs is 1. The van der Waals surface area contributed by atoms with E-state index in [9.17, 15) is 9.59 Å². The van der Waals surface area contributed by atoms with Crippen LogP contribution in [0.4, 0.5) is 0 Å². The molecule has 2 aromatic rings. The summed E-state index contributed by atoms with van der Waals surface area (Å²) in [5.41, 5.74) is 3.54. The number of hydrogen-bond donors (Lipinski definition) is 0. The molecule has 0 amide bonds. The van der Waals surface area contributed by atoms with Crippen LogP contribution in [0.5, 0.6) is 23.0 Å². The number of benzene rings is 2. The fraction of sp³-hybridized carbons (Fsp3) is 0.548. The minimum Gasteiger partial charge on any atom is -0.493 e. The van der Waals surface area contributed by atoms with E-state index in [1.165, 1.54) is 18.1 Å². The van der Waals surface area contributed by atoms with Crippen molar-refractivity contribution in [3.8, 4) is 23.0 Å². The van der Waals surface area contributed by atoms with Crippen molar-refractivity contribution in [1.82, 2.24) is 0 Å². The largest absolute Gasteiger partial charge is 0.493 e. The Morgan fingerprint density at radius 3 is 2.10 bits per heavy atom. The Bertz CT molecular complexity index is 1150. The van der Waals surface area contributed by atoms with Crippen LogP contribution < -0.4 is 18.9 Å². The number of carbonyl (C=O) groups is 2. The van der Waals surface area contributed by atoms with Crippen LogP contribution in [0.1, 0.15) is 55.3 Å². The van der Waals surface area contributed by atoms with Crippen LogP contribution in [0.3, 0.4) is 0 Å². The molecule has 2 aromatic carbocycles. The molecule has 1 unspecified atom stereocenters. The normalized spacial score (nSPS) is 17.9. The highest BCUT2D eigenvalue weighted by Crippen LogP contribution is 2.43. The Kier molecular flexibility index (Phi) is 11.5. The third-order valence-electron chi connectivity index (χ3n) is 7.71. The summed E-state index contributed by atoms with van der Waals surface area (Å²) < 4.78 is 33.4. The zero-order chi connectivity index (χ0) is 29.1. The van der Waals surface area contributed by atoms with Crippen molar-refractivity contribution < 1.29 is 42.5 Å². The van der Waals surface area contributed by atoms with Gasteiger partial charge in [-0.3, -0.25) is 9.59 Å². The summed E-state index contributed by atoms with van der Waals surface area (Å²) in [7, 11) is 8.79. The predicted octanol–water partition coefficient (Wildman–Crippen LogP) is 4.67. The van der Waals surface area contributed by atoms with Gasteiger partial charge in [0, 0.05) is 25.3 Å².